The van der Waals surface area contributed by atoms with Crippen LogP contribution in [0.15, 0.2) is 0 Å². The van der Waals surface area contributed by atoms with Gasteiger partial charge in [0, 0.05) is 0 Å². The van der Waals surface area contributed by atoms with Gasteiger partial charge in [0.15, 0.2) is 0 Å². The van der Waals surface area contributed by atoms with Crippen molar-refractivity contribution in [2.75, 3.05) is 0 Å². The van der Waals surface area contributed by atoms with E-state index in [1.54, 1.807) is 0 Å². The van der Waals surface area contributed by atoms with Crippen molar-refractivity contribution in [1.82, 2.24) is 0 Å². The lowest BCUT2D eigenvalue weighted by atomic mass is 10.1. The van der Waals surface area contributed by atoms with Crippen molar-refractivity contribution in [2.24, 2.45) is 5.92 Å². The summed E-state index contributed by atoms with van der Waals surface area (Å²) in [5.41, 5.74) is 0. The zero-order valence-corrected chi connectivity index (χ0v) is 4.89. The highest BCUT2D eigenvalue weighted by molar-refractivity contribution is 4.98. The van der Waals surface area contributed by atoms with E-state index in [1.165, 1.54) is 0 Å². The van der Waals surface area contributed by atoms with E-state index in [1.807, 2.05) is 19.1 Å². The first-order chi connectivity index (χ1) is 3.85. The second-order valence-corrected chi connectivity index (χ2v) is 1.60. The molecule has 0 fully saturated rings. The molecule has 0 radical (unpaired) electrons. The van der Waals surface area contributed by atoms with Gasteiger partial charge in [-0.3, -0.25) is 0 Å². The van der Waals surface area contributed by atoms with E-state index in [9.17, 15) is 0 Å². The maximum Gasteiger partial charge on any atom is 0.133 e. The van der Waals surface area contributed by atoms with Gasteiger partial charge in [0.2, 0.25) is 0 Å². The van der Waals surface area contributed by atoms with Crippen molar-refractivity contribution in [2.45, 2.75) is 19.8 Å². The van der Waals surface area contributed by atoms with Crippen molar-refractivity contribution in [1.29, 1.82) is 10.5 Å². The third kappa shape index (κ3) is 2.21. The molecule has 0 amide bonds. The number of hydrogen-bond donors (Lipinski definition) is 0. The SMILES string of the molecule is CCCC(C#N)C#N. The van der Waals surface area contributed by atoms with E-state index in [0.717, 1.165) is 6.42 Å². The number of rotatable bonds is 2. The first kappa shape index (κ1) is 6.98. The maximum atomic E-state index is 8.18. The van der Waals surface area contributed by atoms with Gasteiger partial charge < -0.3 is 0 Å². The van der Waals surface area contributed by atoms with Gasteiger partial charge in [0.1, 0.15) is 5.92 Å². The summed E-state index contributed by atoms with van der Waals surface area (Å²) in [5.74, 6) is -0.389. The van der Waals surface area contributed by atoms with Crippen LogP contribution in [0.2, 0.25) is 0 Å². The Morgan fingerprint density at radius 2 is 1.88 bits per heavy atom. The molecule has 42 valence electrons. The van der Waals surface area contributed by atoms with E-state index in [0.29, 0.717) is 6.42 Å². The van der Waals surface area contributed by atoms with Crippen molar-refractivity contribution in [3.05, 3.63) is 0 Å². The highest BCUT2D eigenvalue weighted by Gasteiger charge is 2.00. The molecule has 0 atom stereocenters. The molecule has 0 heterocycles. The van der Waals surface area contributed by atoms with Gasteiger partial charge in [-0.15, -0.1) is 0 Å². The predicted molar refractivity (Wildman–Crippen MR) is 29.6 cm³/mol. The molecule has 0 saturated heterocycles. The zero-order chi connectivity index (χ0) is 6.41. The second-order valence-electron chi connectivity index (χ2n) is 1.60. The third-order valence-corrected chi connectivity index (χ3v) is 0.889. The molecule has 0 bridgehead atoms. The van der Waals surface area contributed by atoms with Crippen LogP contribution in [-0.4, -0.2) is 0 Å². The Kier molecular flexibility index (Phi) is 3.62. The molecule has 0 aliphatic rings. The third-order valence-electron chi connectivity index (χ3n) is 0.889. The molecule has 2 nitrogen and oxygen atoms in total. The lowest BCUT2D eigenvalue weighted by Gasteiger charge is -1.90. The first-order valence-electron chi connectivity index (χ1n) is 2.64. The molecule has 0 unspecified atom stereocenters. The lowest BCUT2D eigenvalue weighted by molar-refractivity contribution is 0.712. The second kappa shape index (κ2) is 4.15. The minimum absolute atomic E-state index is 0.389. The molecule has 2 heteroatoms. The van der Waals surface area contributed by atoms with E-state index in [4.69, 9.17) is 10.5 Å². The van der Waals surface area contributed by atoms with Crippen molar-refractivity contribution in [3.8, 4) is 12.1 Å². The van der Waals surface area contributed by atoms with Crippen LogP contribution in [0.5, 0.6) is 0 Å². The normalized spacial score (nSPS) is 8.00. The standard InChI is InChI=1S/C6H8N2/c1-2-3-6(4-7)5-8/h6H,2-3H2,1H3. The fourth-order valence-electron chi connectivity index (χ4n) is 0.447. The molecule has 0 aliphatic carbocycles. The minimum atomic E-state index is -0.389. The average Bonchev–Trinajstić information content (AvgIpc) is 1.83. The minimum Gasteiger partial charge on any atom is -0.197 e. The van der Waals surface area contributed by atoms with Crippen molar-refractivity contribution in [3.63, 3.8) is 0 Å². The number of nitrogens with zero attached hydrogens (tertiary/aromatic N) is 2. The molecular formula is C6H8N2. The molecular weight excluding hydrogens is 100 g/mol. The Morgan fingerprint density at radius 1 is 1.38 bits per heavy atom. The summed E-state index contributed by atoms with van der Waals surface area (Å²) in [7, 11) is 0. The van der Waals surface area contributed by atoms with Gasteiger partial charge in [-0.25, -0.2) is 0 Å². The van der Waals surface area contributed by atoms with Gasteiger partial charge in [0.05, 0.1) is 12.1 Å². The van der Waals surface area contributed by atoms with E-state index < -0.39 is 0 Å². The molecule has 0 rings (SSSR count). The maximum absolute atomic E-state index is 8.18. The Balaban J connectivity index is 3.46. The van der Waals surface area contributed by atoms with Crippen molar-refractivity contribution >= 4 is 0 Å². The highest BCUT2D eigenvalue weighted by Crippen LogP contribution is 2.00. The van der Waals surface area contributed by atoms with E-state index >= 15 is 0 Å². The van der Waals surface area contributed by atoms with Gasteiger partial charge in [-0.2, -0.15) is 10.5 Å². The van der Waals surface area contributed by atoms with Crippen LogP contribution in [0.4, 0.5) is 0 Å². The van der Waals surface area contributed by atoms with Crippen LogP contribution in [0, 0.1) is 28.6 Å². The summed E-state index contributed by atoms with van der Waals surface area (Å²) in [6, 6.07) is 3.78. The molecule has 0 spiro atoms. The molecule has 8 heavy (non-hydrogen) atoms. The van der Waals surface area contributed by atoms with Gasteiger partial charge >= 0.3 is 0 Å². The first-order valence-corrected chi connectivity index (χ1v) is 2.64. The molecule has 0 aromatic rings. The van der Waals surface area contributed by atoms with Crippen LogP contribution in [0.3, 0.4) is 0 Å². The monoisotopic (exact) mass is 108 g/mol. The summed E-state index contributed by atoms with van der Waals surface area (Å²) in [5, 5.41) is 16.4. The smallest absolute Gasteiger partial charge is 0.133 e. The fraction of sp³-hybridized carbons (Fsp3) is 0.667. The fourth-order valence-corrected chi connectivity index (χ4v) is 0.447. The van der Waals surface area contributed by atoms with Crippen LogP contribution in [0.25, 0.3) is 0 Å². The van der Waals surface area contributed by atoms with Crippen molar-refractivity contribution < 1.29 is 0 Å². The topological polar surface area (TPSA) is 47.6 Å². The number of nitriles is 2. The molecule has 0 aliphatic heterocycles. The Hall–Kier alpha value is -1.02. The molecule has 0 N–H and O–H groups in total. The Bertz CT molecular complexity index is 112. The van der Waals surface area contributed by atoms with Crippen LogP contribution < -0.4 is 0 Å². The largest absolute Gasteiger partial charge is 0.197 e. The summed E-state index contributed by atoms with van der Waals surface area (Å²) in [6.07, 6.45) is 1.61. The Labute approximate surface area is 49.3 Å². The van der Waals surface area contributed by atoms with Crippen LogP contribution in [0.1, 0.15) is 19.8 Å². The van der Waals surface area contributed by atoms with E-state index in [-0.39, 0.29) is 5.92 Å². The van der Waals surface area contributed by atoms with Crippen LogP contribution in [-0.2, 0) is 0 Å². The van der Waals surface area contributed by atoms with Crippen LogP contribution >= 0.6 is 0 Å². The molecule has 0 saturated carbocycles. The van der Waals surface area contributed by atoms with Gasteiger partial charge in [0.25, 0.3) is 0 Å². The average molecular weight is 108 g/mol. The highest BCUT2D eigenvalue weighted by atomic mass is 14.3. The summed E-state index contributed by atoms with van der Waals surface area (Å²) in [6.45, 7) is 1.96. The summed E-state index contributed by atoms with van der Waals surface area (Å²) < 4.78 is 0. The molecule has 0 aromatic heterocycles. The van der Waals surface area contributed by atoms with E-state index in [2.05, 4.69) is 0 Å². The summed E-state index contributed by atoms with van der Waals surface area (Å²) >= 11 is 0. The molecule has 0 aromatic carbocycles. The quantitative estimate of drug-likeness (QED) is 0.537. The lowest BCUT2D eigenvalue weighted by Crippen LogP contribution is -1.89. The Morgan fingerprint density at radius 3 is 2.00 bits per heavy atom. The summed E-state index contributed by atoms with van der Waals surface area (Å²) in [4.78, 5) is 0. The van der Waals surface area contributed by atoms with Gasteiger partial charge in [-0.1, -0.05) is 13.3 Å². The zero-order valence-electron chi connectivity index (χ0n) is 4.89. The number of hydrogen-bond acceptors (Lipinski definition) is 2. The van der Waals surface area contributed by atoms with Gasteiger partial charge in [-0.05, 0) is 6.42 Å². The predicted octanol–water partition coefficient (Wildman–Crippen LogP) is 1.45.